The summed E-state index contributed by atoms with van der Waals surface area (Å²) in [6.07, 6.45) is 0.979. The Hall–Kier alpha value is -0.520. The zero-order chi connectivity index (χ0) is 10.7. The fraction of sp³-hybridized carbons (Fsp3) is 0.400. The first-order valence-electron chi connectivity index (χ1n) is 4.55. The summed E-state index contributed by atoms with van der Waals surface area (Å²) in [5.74, 6) is -0.231. The van der Waals surface area contributed by atoms with E-state index in [-0.39, 0.29) is 5.82 Å². The monoisotopic (exact) mass is 308 g/mol. The number of hydrogen-bond donors (Lipinski definition) is 2. The van der Waals surface area contributed by atoms with E-state index in [2.05, 4.69) is 12.2 Å². The lowest BCUT2D eigenvalue weighted by Crippen LogP contribution is -2.15. The van der Waals surface area contributed by atoms with Gasteiger partial charge in [0.2, 0.25) is 0 Å². The van der Waals surface area contributed by atoms with Crippen molar-refractivity contribution >= 4 is 34.0 Å². The highest BCUT2D eigenvalue weighted by Crippen LogP contribution is 2.24. The van der Waals surface area contributed by atoms with Crippen molar-refractivity contribution in [2.24, 2.45) is 0 Å². The highest BCUT2D eigenvalue weighted by atomic mass is 127. The van der Waals surface area contributed by atoms with Crippen LogP contribution in [0.2, 0.25) is 0 Å². The molecule has 0 aromatic heterocycles. The molecule has 1 atom stereocenters. The van der Waals surface area contributed by atoms with E-state index in [9.17, 15) is 4.39 Å². The van der Waals surface area contributed by atoms with E-state index in [1.165, 1.54) is 6.07 Å². The third-order valence-corrected chi connectivity index (χ3v) is 2.93. The van der Waals surface area contributed by atoms with Crippen LogP contribution in [-0.2, 0) is 0 Å². The van der Waals surface area contributed by atoms with Gasteiger partial charge in [-0.2, -0.15) is 0 Å². The first kappa shape index (κ1) is 11.6. The highest BCUT2D eigenvalue weighted by molar-refractivity contribution is 14.1. The minimum absolute atomic E-state index is 0.231. The second kappa shape index (κ2) is 4.82. The largest absolute Gasteiger partial charge is 0.397 e. The molecule has 0 fully saturated rings. The third kappa shape index (κ3) is 2.73. The lowest BCUT2D eigenvalue weighted by Gasteiger charge is -2.15. The van der Waals surface area contributed by atoms with Crippen molar-refractivity contribution in [2.75, 3.05) is 11.1 Å². The molecule has 0 saturated carbocycles. The van der Waals surface area contributed by atoms with Gasteiger partial charge in [-0.15, -0.1) is 0 Å². The number of anilines is 2. The van der Waals surface area contributed by atoms with Crippen LogP contribution in [0.4, 0.5) is 15.8 Å². The van der Waals surface area contributed by atoms with Gasteiger partial charge >= 0.3 is 0 Å². The van der Waals surface area contributed by atoms with E-state index in [1.54, 1.807) is 6.07 Å². The summed E-state index contributed by atoms with van der Waals surface area (Å²) in [7, 11) is 0. The summed E-state index contributed by atoms with van der Waals surface area (Å²) < 4.78 is 13.8. The summed E-state index contributed by atoms with van der Waals surface area (Å²) in [6.45, 7) is 4.10. The van der Waals surface area contributed by atoms with Gasteiger partial charge in [-0.05, 0) is 42.0 Å². The molecule has 2 nitrogen and oxygen atoms in total. The molecule has 1 aromatic carbocycles. The van der Waals surface area contributed by atoms with Gasteiger partial charge in [0.15, 0.2) is 0 Å². The second-order valence-corrected chi connectivity index (χ2v) is 4.47. The summed E-state index contributed by atoms with van der Waals surface area (Å²) in [6, 6.07) is 3.39. The average Bonchev–Trinajstić information content (AvgIpc) is 2.14. The number of halogens is 2. The molecule has 3 N–H and O–H groups in total. The quantitative estimate of drug-likeness (QED) is 0.664. The molecule has 4 heteroatoms. The smallest absolute Gasteiger partial charge is 0.138 e. The molecular formula is C10H14FIN2. The Kier molecular flexibility index (Phi) is 3.97. The maximum absolute atomic E-state index is 13.2. The van der Waals surface area contributed by atoms with Crippen molar-refractivity contribution in [3.8, 4) is 0 Å². The topological polar surface area (TPSA) is 38.0 Å². The number of nitrogens with two attached hydrogens (primary N) is 1. The van der Waals surface area contributed by atoms with Crippen molar-refractivity contribution in [1.82, 2.24) is 0 Å². The molecule has 0 amide bonds. The van der Waals surface area contributed by atoms with E-state index in [1.807, 2.05) is 29.5 Å². The van der Waals surface area contributed by atoms with Gasteiger partial charge < -0.3 is 11.1 Å². The molecule has 0 aliphatic heterocycles. The van der Waals surface area contributed by atoms with Crippen molar-refractivity contribution in [3.05, 3.63) is 21.5 Å². The standard InChI is InChI=1S/C10H14FIN2/c1-3-6(2)14-10-4-7(11)8(12)5-9(10)13/h4-6,14H,3,13H2,1-2H3. The Morgan fingerprint density at radius 2 is 2.21 bits per heavy atom. The Morgan fingerprint density at radius 1 is 1.57 bits per heavy atom. The van der Waals surface area contributed by atoms with Crippen LogP contribution in [0.5, 0.6) is 0 Å². The zero-order valence-corrected chi connectivity index (χ0v) is 10.4. The number of benzene rings is 1. The predicted octanol–water partition coefficient (Wildman–Crippen LogP) is 3.22. The third-order valence-electron chi connectivity index (χ3n) is 2.11. The normalized spacial score (nSPS) is 12.6. The molecule has 1 aromatic rings. The summed E-state index contributed by atoms with van der Waals surface area (Å²) in [4.78, 5) is 0. The van der Waals surface area contributed by atoms with Crippen LogP contribution in [-0.4, -0.2) is 6.04 Å². The minimum atomic E-state index is -0.231. The molecule has 0 aliphatic rings. The first-order valence-corrected chi connectivity index (χ1v) is 5.63. The predicted molar refractivity (Wildman–Crippen MR) is 66.9 cm³/mol. The lowest BCUT2D eigenvalue weighted by atomic mass is 10.2. The molecule has 0 radical (unpaired) electrons. The number of hydrogen-bond acceptors (Lipinski definition) is 2. The molecule has 0 bridgehead atoms. The van der Waals surface area contributed by atoms with Gasteiger partial charge in [0.1, 0.15) is 5.82 Å². The van der Waals surface area contributed by atoms with Crippen LogP contribution in [0.25, 0.3) is 0 Å². The Morgan fingerprint density at radius 3 is 2.79 bits per heavy atom. The van der Waals surface area contributed by atoms with Crippen LogP contribution in [0.3, 0.4) is 0 Å². The fourth-order valence-electron chi connectivity index (χ4n) is 1.05. The van der Waals surface area contributed by atoms with E-state index >= 15 is 0 Å². The highest BCUT2D eigenvalue weighted by Gasteiger charge is 2.07. The van der Waals surface area contributed by atoms with Gasteiger partial charge in [-0.1, -0.05) is 6.92 Å². The van der Waals surface area contributed by atoms with Gasteiger partial charge in [-0.3, -0.25) is 0 Å². The molecule has 1 unspecified atom stereocenters. The zero-order valence-electron chi connectivity index (χ0n) is 8.27. The molecule has 0 heterocycles. The lowest BCUT2D eigenvalue weighted by molar-refractivity contribution is 0.620. The number of nitrogen functional groups attached to an aromatic ring is 1. The van der Waals surface area contributed by atoms with Gasteiger partial charge in [-0.25, -0.2) is 4.39 Å². The van der Waals surface area contributed by atoms with Crippen molar-refractivity contribution in [2.45, 2.75) is 26.3 Å². The van der Waals surface area contributed by atoms with Crippen LogP contribution >= 0.6 is 22.6 Å². The van der Waals surface area contributed by atoms with Crippen LogP contribution in [0.15, 0.2) is 12.1 Å². The maximum Gasteiger partial charge on any atom is 0.138 e. The van der Waals surface area contributed by atoms with E-state index in [0.717, 1.165) is 6.42 Å². The first-order chi connectivity index (χ1) is 6.54. The van der Waals surface area contributed by atoms with Crippen molar-refractivity contribution in [1.29, 1.82) is 0 Å². The molecule has 14 heavy (non-hydrogen) atoms. The summed E-state index contributed by atoms with van der Waals surface area (Å²) in [5, 5.41) is 3.16. The van der Waals surface area contributed by atoms with Gasteiger partial charge in [0, 0.05) is 12.1 Å². The van der Waals surface area contributed by atoms with Crippen LogP contribution in [0, 0.1) is 9.39 Å². The molecule has 0 aliphatic carbocycles. The summed E-state index contributed by atoms with van der Waals surface area (Å²) in [5.41, 5.74) is 7.03. The van der Waals surface area contributed by atoms with Crippen LogP contribution in [0.1, 0.15) is 20.3 Å². The summed E-state index contributed by atoms with van der Waals surface area (Å²) >= 11 is 1.93. The maximum atomic E-state index is 13.2. The average molecular weight is 308 g/mol. The molecule has 0 saturated heterocycles. The van der Waals surface area contributed by atoms with Crippen molar-refractivity contribution in [3.63, 3.8) is 0 Å². The van der Waals surface area contributed by atoms with E-state index in [0.29, 0.717) is 21.0 Å². The van der Waals surface area contributed by atoms with Crippen molar-refractivity contribution < 1.29 is 4.39 Å². The Balaban J connectivity index is 2.92. The second-order valence-electron chi connectivity index (χ2n) is 3.31. The van der Waals surface area contributed by atoms with E-state index < -0.39 is 0 Å². The van der Waals surface area contributed by atoms with Gasteiger partial charge in [0.25, 0.3) is 0 Å². The van der Waals surface area contributed by atoms with Gasteiger partial charge in [0.05, 0.1) is 14.9 Å². The number of rotatable bonds is 3. The minimum Gasteiger partial charge on any atom is -0.397 e. The number of nitrogens with one attached hydrogen (secondary N) is 1. The Bertz CT molecular complexity index is 328. The Labute approximate surface area is 97.2 Å². The SMILES string of the molecule is CCC(C)Nc1cc(F)c(I)cc1N. The van der Waals surface area contributed by atoms with Crippen LogP contribution < -0.4 is 11.1 Å². The molecular weight excluding hydrogens is 294 g/mol. The fourth-order valence-corrected chi connectivity index (χ4v) is 1.55. The molecule has 0 spiro atoms. The molecule has 78 valence electrons. The molecule has 1 rings (SSSR count). The van der Waals surface area contributed by atoms with E-state index in [4.69, 9.17) is 5.73 Å².